The normalized spacial score (nSPS) is 22.5. The summed E-state index contributed by atoms with van der Waals surface area (Å²) in [7, 11) is 0. The first-order valence-corrected chi connectivity index (χ1v) is 6.12. The third-order valence-corrected chi connectivity index (χ3v) is 3.75. The lowest BCUT2D eigenvalue weighted by Gasteiger charge is -2.17. The van der Waals surface area contributed by atoms with Crippen molar-refractivity contribution in [2.75, 3.05) is 12.4 Å². The second-order valence-corrected chi connectivity index (χ2v) is 4.80. The van der Waals surface area contributed by atoms with Crippen molar-refractivity contribution in [1.29, 1.82) is 0 Å². The summed E-state index contributed by atoms with van der Waals surface area (Å²) in [6.07, 6.45) is 6.07. The quantitative estimate of drug-likeness (QED) is 0.836. The molecule has 0 radical (unpaired) electrons. The molecule has 1 atom stereocenters. The van der Waals surface area contributed by atoms with Crippen molar-refractivity contribution < 1.29 is 9.52 Å². The van der Waals surface area contributed by atoms with E-state index in [0.29, 0.717) is 11.7 Å². The zero-order valence-electron chi connectivity index (χ0n) is 8.11. The molecular weight excluding hydrogens is 198 g/mol. The molecule has 0 amide bonds. The molecule has 2 rings (SSSR count). The first-order chi connectivity index (χ1) is 6.90. The smallest absolute Gasteiger partial charge is 0.207 e. The molecule has 1 saturated heterocycles. The van der Waals surface area contributed by atoms with Crippen LogP contribution in [0, 0.1) is 0 Å². The van der Waals surface area contributed by atoms with Gasteiger partial charge in [0.25, 0.3) is 0 Å². The SMILES string of the molecule is OCCc1cnc(C2CCCCS2)o1. The third kappa shape index (κ3) is 2.30. The van der Waals surface area contributed by atoms with Crippen molar-refractivity contribution in [3.05, 3.63) is 17.8 Å². The second-order valence-electron chi connectivity index (χ2n) is 3.49. The molecule has 78 valence electrons. The van der Waals surface area contributed by atoms with Crippen molar-refractivity contribution in [2.24, 2.45) is 0 Å². The van der Waals surface area contributed by atoms with Gasteiger partial charge < -0.3 is 9.52 Å². The molecule has 1 fully saturated rings. The summed E-state index contributed by atoms with van der Waals surface area (Å²) in [5.74, 6) is 2.86. The fraction of sp³-hybridized carbons (Fsp3) is 0.700. The zero-order chi connectivity index (χ0) is 9.80. The first-order valence-electron chi connectivity index (χ1n) is 5.07. The van der Waals surface area contributed by atoms with E-state index in [-0.39, 0.29) is 6.61 Å². The highest BCUT2D eigenvalue weighted by atomic mass is 32.2. The molecule has 0 aliphatic carbocycles. The lowest BCUT2D eigenvalue weighted by molar-refractivity contribution is 0.285. The number of aliphatic hydroxyl groups is 1. The Morgan fingerprint density at radius 2 is 2.50 bits per heavy atom. The van der Waals surface area contributed by atoms with Crippen LogP contribution < -0.4 is 0 Å². The minimum absolute atomic E-state index is 0.131. The van der Waals surface area contributed by atoms with Gasteiger partial charge in [-0.15, -0.1) is 11.8 Å². The Labute approximate surface area is 87.9 Å². The summed E-state index contributed by atoms with van der Waals surface area (Å²) in [4.78, 5) is 4.26. The molecule has 1 unspecified atom stereocenters. The standard InChI is InChI=1S/C10H15NO2S/c12-5-4-8-7-11-10(13-8)9-3-1-2-6-14-9/h7,9,12H,1-6H2. The topological polar surface area (TPSA) is 46.3 Å². The lowest BCUT2D eigenvalue weighted by Crippen LogP contribution is -2.02. The summed E-state index contributed by atoms with van der Waals surface area (Å²) in [6.45, 7) is 0.131. The molecule has 0 saturated carbocycles. The summed E-state index contributed by atoms with van der Waals surface area (Å²) in [5, 5.41) is 9.19. The van der Waals surface area contributed by atoms with Crippen LogP contribution in [0.3, 0.4) is 0 Å². The molecule has 0 bridgehead atoms. The van der Waals surface area contributed by atoms with Crippen LogP contribution in [0.15, 0.2) is 10.6 Å². The van der Waals surface area contributed by atoms with Gasteiger partial charge in [-0.2, -0.15) is 0 Å². The Morgan fingerprint density at radius 3 is 3.21 bits per heavy atom. The molecule has 14 heavy (non-hydrogen) atoms. The fourth-order valence-electron chi connectivity index (χ4n) is 1.63. The van der Waals surface area contributed by atoms with Gasteiger partial charge in [-0.3, -0.25) is 0 Å². The van der Waals surface area contributed by atoms with E-state index in [0.717, 1.165) is 11.7 Å². The molecule has 0 spiro atoms. The van der Waals surface area contributed by atoms with E-state index < -0.39 is 0 Å². The maximum atomic E-state index is 8.75. The van der Waals surface area contributed by atoms with Gasteiger partial charge in [0.05, 0.1) is 18.1 Å². The van der Waals surface area contributed by atoms with E-state index >= 15 is 0 Å². The minimum Gasteiger partial charge on any atom is -0.444 e. The van der Waals surface area contributed by atoms with E-state index in [1.165, 1.54) is 25.0 Å². The van der Waals surface area contributed by atoms with Crippen LogP contribution in [0.2, 0.25) is 0 Å². The first kappa shape index (κ1) is 10.1. The van der Waals surface area contributed by atoms with Gasteiger partial charge in [0.2, 0.25) is 5.89 Å². The van der Waals surface area contributed by atoms with Crippen LogP contribution >= 0.6 is 11.8 Å². The second kappa shape index (κ2) is 4.84. The van der Waals surface area contributed by atoms with Crippen LogP contribution in [-0.2, 0) is 6.42 Å². The third-order valence-electron chi connectivity index (χ3n) is 2.38. The number of aromatic nitrogens is 1. The number of oxazole rings is 1. The number of aliphatic hydroxyl groups excluding tert-OH is 1. The molecule has 1 aliphatic heterocycles. The molecule has 1 N–H and O–H groups in total. The molecule has 1 aromatic rings. The van der Waals surface area contributed by atoms with Crippen LogP contribution in [0.25, 0.3) is 0 Å². The molecule has 2 heterocycles. The number of thioether (sulfide) groups is 1. The minimum atomic E-state index is 0.131. The molecule has 4 heteroatoms. The van der Waals surface area contributed by atoms with Crippen LogP contribution in [0.4, 0.5) is 0 Å². The Hall–Kier alpha value is -0.480. The van der Waals surface area contributed by atoms with E-state index in [1.807, 2.05) is 11.8 Å². The highest BCUT2D eigenvalue weighted by Crippen LogP contribution is 2.37. The Kier molecular flexibility index (Phi) is 3.48. The highest BCUT2D eigenvalue weighted by molar-refractivity contribution is 7.99. The van der Waals surface area contributed by atoms with Crippen molar-refractivity contribution in [1.82, 2.24) is 4.98 Å². The Bertz CT molecular complexity index is 281. The van der Waals surface area contributed by atoms with Gasteiger partial charge in [-0.25, -0.2) is 4.98 Å². The summed E-state index contributed by atoms with van der Waals surface area (Å²) < 4.78 is 5.57. The van der Waals surface area contributed by atoms with Gasteiger partial charge in [-0.05, 0) is 18.6 Å². The monoisotopic (exact) mass is 213 g/mol. The van der Waals surface area contributed by atoms with Gasteiger partial charge in [0, 0.05) is 6.42 Å². The molecule has 1 aromatic heterocycles. The average Bonchev–Trinajstić information content (AvgIpc) is 2.68. The van der Waals surface area contributed by atoms with Crippen LogP contribution in [0.1, 0.15) is 36.2 Å². The maximum Gasteiger partial charge on any atom is 0.207 e. The lowest BCUT2D eigenvalue weighted by atomic mass is 10.2. The average molecular weight is 213 g/mol. The van der Waals surface area contributed by atoms with Gasteiger partial charge in [0.1, 0.15) is 5.76 Å². The molecule has 3 nitrogen and oxygen atoms in total. The van der Waals surface area contributed by atoms with Gasteiger partial charge >= 0.3 is 0 Å². The fourth-order valence-corrected chi connectivity index (χ4v) is 2.87. The maximum absolute atomic E-state index is 8.75. The summed E-state index contributed by atoms with van der Waals surface area (Å²) in [6, 6.07) is 0. The summed E-state index contributed by atoms with van der Waals surface area (Å²) >= 11 is 1.93. The Morgan fingerprint density at radius 1 is 1.57 bits per heavy atom. The molecular formula is C10H15NO2S. The van der Waals surface area contributed by atoms with Crippen molar-refractivity contribution in [3.63, 3.8) is 0 Å². The summed E-state index contributed by atoms with van der Waals surface area (Å²) in [5.41, 5.74) is 0. The number of rotatable bonds is 3. The zero-order valence-corrected chi connectivity index (χ0v) is 8.92. The Balaban J connectivity index is 2.00. The van der Waals surface area contributed by atoms with E-state index in [4.69, 9.17) is 9.52 Å². The molecule has 0 aromatic carbocycles. The van der Waals surface area contributed by atoms with E-state index in [9.17, 15) is 0 Å². The molecule has 1 aliphatic rings. The van der Waals surface area contributed by atoms with Gasteiger partial charge in [0.15, 0.2) is 0 Å². The van der Waals surface area contributed by atoms with Crippen molar-refractivity contribution in [2.45, 2.75) is 30.9 Å². The number of hydrogen-bond donors (Lipinski definition) is 1. The van der Waals surface area contributed by atoms with E-state index in [2.05, 4.69) is 4.98 Å². The van der Waals surface area contributed by atoms with Crippen LogP contribution in [0.5, 0.6) is 0 Å². The van der Waals surface area contributed by atoms with E-state index in [1.54, 1.807) is 6.20 Å². The number of nitrogens with zero attached hydrogens (tertiary/aromatic N) is 1. The number of hydrogen-bond acceptors (Lipinski definition) is 4. The highest BCUT2D eigenvalue weighted by Gasteiger charge is 2.20. The van der Waals surface area contributed by atoms with Gasteiger partial charge in [-0.1, -0.05) is 6.42 Å². The predicted octanol–water partition coefficient (Wildman–Crippen LogP) is 2.17. The van der Waals surface area contributed by atoms with Crippen molar-refractivity contribution in [3.8, 4) is 0 Å². The van der Waals surface area contributed by atoms with Crippen LogP contribution in [-0.4, -0.2) is 22.5 Å². The van der Waals surface area contributed by atoms with Crippen molar-refractivity contribution >= 4 is 11.8 Å². The largest absolute Gasteiger partial charge is 0.444 e. The predicted molar refractivity (Wildman–Crippen MR) is 56.3 cm³/mol.